The monoisotopic (exact) mass is 314 g/mol. The quantitative estimate of drug-likeness (QED) is 0.617. The third-order valence-corrected chi connectivity index (χ3v) is 4.98. The first kappa shape index (κ1) is 15.9. The van der Waals surface area contributed by atoms with Crippen molar-refractivity contribution in [1.82, 2.24) is 0 Å². The molecule has 1 aromatic rings. The van der Waals surface area contributed by atoms with E-state index in [1.807, 2.05) is 19.9 Å². The third kappa shape index (κ3) is 2.82. The normalized spacial score (nSPS) is 19.2. The third-order valence-electron chi connectivity index (χ3n) is 4.98. The number of methoxy groups -OCH3 is 1. The van der Waals surface area contributed by atoms with Crippen molar-refractivity contribution in [2.45, 2.75) is 46.0 Å². The van der Waals surface area contributed by atoms with Gasteiger partial charge >= 0.3 is 0 Å². The molecule has 122 valence electrons. The number of hydrogen-bond acceptors (Lipinski definition) is 4. The molecule has 1 fully saturated rings. The summed E-state index contributed by atoms with van der Waals surface area (Å²) in [4.78, 5) is 37.2. The summed E-state index contributed by atoms with van der Waals surface area (Å²) in [6.45, 7) is 3.84. The number of benzene rings is 1. The number of fused-ring (bicyclic) bond motifs is 1. The zero-order valence-corrected chi connectivity index (χ0v) is 13.9. The summed E-state index contributed by atoms with van der Waals surface area (Å²) in [6.07, 6.45) is 3.26. The standard InChI is InChI=1S/C19H22O4/c1-19(2)9-8-12-6-7-13(17(23-3)16(12)18(19)22)15(21)10-14(20)11-4-5-11/h6-7,11H,4-5,8-10H2,1-3H3. The molecule has 2 aliphatic carbocycles. The van der Waals surface area contributed by atoms with Crippen LogP contribution in [0.2, 0.25) is 0 Å². The molecule has 0 radical (unpaired) electrons. The van der Waals surface area contributed by atoms with Gasteiger partial charge in [0.25, 0.3) is 0 Å². The van der Waals surface area contributed by atoms with E-state index in [0.717, 1.165) is 31.2 Å². The molecule has 1 aromatic carbocycles. The molecule has 4 nitrogen and oxygen atoms in total. The summed E-state index contributed by atoms with van der Waals surface area (Å²) in [5.74, 6) is 0.162. The van der Waals surface area contributed by atoms with Crippen molar-refractivity contribution >= 4 is 17.3 Å². The van der Waals surface area contributed by atoms with Gasteiger partial charge in [0.15, 0.2) is 11.6 Å². The van der Waals surface area contributed by atoms with Crippen LogP contribution in [0.4, 0.5) is 0 Å². The van der Waals surface area contributed by atoms with Crippen molar-refractivity contribution in [3.63, 3.8) is 0 Å². The fourth-order valence-electron chi connectivity index (χ4n) is 3.21. The lowest BCUT2D eigenvalue weighted by atomic mass is 9.72. The van der Waals surface area contributed by atoms with Gasteiger partial charge in [0.2, 0.25) is 0 Å². The molecule has 2 aliphatic rings. The van der Waals surface area contributed by atoms with Crippen molar-refractivity contribution in [1.29, 1.82) is 0 Å². The number of carbonyl (C=O) groups is 3. The molecule has 0 heterocycles. The second-order valence-electron chi connectivity index (χ2n) is 7.23. The molecule has 3 rings (SSSR count). The molecule has 4 heteroatoms. The Morgan fingerprint density at radius 3 is 2.57 bits per heavy atom. The average molecular weight is 314 g/mol. The number of aryl methyl sites for hydroxylation is 1. The van der Waals surface area contributed by atoms with Gasteiger partial charge in [0.1, 0.15) is 11.5 Å². The number of Topliss-reactive ketones (excluding diaryl/α,β-unsaturated/α-hetero) is 3. The van der Waals surface area contributed by atoms with Crippen LogP contribution in [-0.2, 0) is 11.2 Å². The lowest BCUT2D eigenvalue weighted by Crippen LogP contribution is -2.31. The molecule has 23 heavy (non-hydrogen) atoms. The molecule has 0 N–H and O–H groups in total. The van der Waals surface area contributed by atoms with Crippen LogP contribution in [-0.4, -0.2) is 24.5 Å². The largest absolute Gasteiger partial charge is 0.495 e. The zero-order chi connectivity index (χ0) is 16.8. The highest BCUT2D eigenvalue weighted by Gasteiger charge is 2.38. The smallest absolute Gasteiger partial charge is 0.173 e. The van der Waals surface area contributed by atoms with Gasteiger partial charge in [-0.2, -0.15) is 0 Å². The molecule has 0 atom stereocenters. The van der Waals surface area contributed by atoms with E-state index in [1.165, 1.54) is 7.11 Å². The molecule has 0 aliphatic heterocycles. The van der Waals surface area contributed by atoms with Crippen LogP contribution in [0.3, 0.4) is 0 Å². The molecule has 0 amide bonds. The molecule has 0 saturated heterocycles. The van der Waals surface area contributed by atoms with Gasteiger partial charge in [-0.15, -0.1) is 0 Å². The van der Waals surface area contributed by atoms with E-state index in [0.29, 0.717) is 16.9 Å². The van der Waals surface area contributed by atoms with Crippen LogP contribution in [0, 0.1) is 11.3 Å². The van der Waals surface area contributed by atoms with Crippen LogP contribution in [0.15, 0.2) is 12.1 Å². The maximum Gasteiger partial charge on any atom is 0.173 e. The lowest BCUT2D eigenvalue weighted by Gasteiger charge is -2.31. The maximum absolute atomic E-state index is 12.8. The highest BCUT2D eigenvalue weighted by molar-refractivity contribution is 6.13. The molecule has 0 aromatic heterocycles. The van der Waals surface area contributed by atoms with E-state index >= 15 is 0 Å². The Kier molecular flexibility index (Phi) is 3.86. The Labute approximate surface area is 136 Å². The summed E-state index contributed by atoms with van der Waals surface area (Å²) in [5, 5.41) is 0. The Bertz CT molecular complexity index is 696. The summed E-state index contributed by atoms with van der Waals surface area (Å²) >= 11 is 0. The van der Waals surface area contributed by atoms with Crippen LogP contribution in [0.25, 0.3) is 0 Å². The number of rotatable bonds is 5. The maximum atomic E-state index is 12.8. The summed E-state index contributed by atoms with van der Waals surface area (Å²) < 4.78 is 5.43. The van der Waals surface area contributed by atoms with E-state index in [4.69, 9.17) is 4.74 Å². The highest BCUT2D eigenvalue weighted by atomic mass is 16.5. The Morgan fingerprint density at radius 1 is 1.26 bits per heavy atom. The Hall–Kier alpha value is -1.97. The van der Waals surface area contributed by atoms with Gasteiger partial charge in [0.05, 0.1) is 24.7 Å². The highest BCUT2D eigenvalue weighted by Crippen LogP contribution is 2.41. The molecule has 0 bridgehead atoms. The SMILES string of the molecule is COc1c(C(=O)CC(=O)C2CC2)ccc2c1C(=O)C(C)(C)CC2. The first-order chi connectivity index (χ1) is 10.8. The van der Waals surface area contributed by atoms with Crippen molar-refractivity contribution in [2.24, 2.45) is 11.3 Å². The van der Waals surface area contributed by atoms with E-state index in [2.05, 4.69) is 0 Å². The van der Waals surface area contributed by atoms with Gasteiger partial charge in [-0.25, -0.2) is 0 Å². The Morgan fingerprint density at radius 2 is 1.96 bits per heavy atom. The average Bonchev–Trinajstić information content (AvgIpc) is 3.34. The van der Waals surface area contributed by atoms with Crippen LogP contribution in [0.5, 0.6) is 5.75 Å². The van der Waals surface area contributed by atoms with Crippen LogP contribution >= 0.6 is 0 Å². The number of hydrogen-bond donors (Lipinski definition) is 0. The van der Waals surface area contributed by atoms with Crippen LogP contribution in [0.1, 0.15) is 65.8 Å². The van der Waals surface area contributed by atoms with Crippen molar-refractivity contribution < 1.29 is 19.1 Å². The van der Waals surface area contributed by atoms with Crippen molar-refractivity contribution in [3.8, 4) is 5.75 Å². The molecular formula is C19H22O4. The molecular weight excluding hydrogens is 292 g/mol. The minimum atomic E-state index is -0.453. The van der Waals surface area contributed by atoms with Crippen LogP contribution < -0.4 is 4.74 Å². The van der Waals surface area contributed by atoms with Gasteiger partial charge in [0, 0.05) is 11.3 Å². The molecule has 1 saturated carbocycles. The van der Waals surface area contributed by atoms with Crippen molar-refractivity contribution in [3.05, 3.63) is 28.8 Å². The van der Waals surface area contributed by atoms with E-state index in [1.54, 1.807) is 6.07 Å². The Balaban J connectivity index is 1.99. The number of carbonyl (C=O) groups excluding carboxylic acids is 3. The number of ether oxygens (including phenoxy) is 1. The zero-order valence-electron chi connectivity index (χ0n) is 13.9. The van der Waals surface area contributed by atoms with Gasteiger partial charge in [-0.3, -0.25) is 14.4 Å². The first-order valence-electron chi connectivity index (χ1n) is 8.15. The van der Waals surface area contributed by atoms with E-state index in [9.17, 15) is 14.4 Å². The number of ketones is 3. The second kappa shape index (κ2) is 5.59. The predicted octanol–water partition coefficient (Wildman–Crippen LogP) is 3.40. The topological polar surface area (TPSA) is 60.4 Å². The fourth-order valence-corrected chi connectivity index (χ4v) is 3.21. The van der Waals surface area contributed by atoms with Crippen molar-refractivity contribution in [2.75, 3.05) is 7.11 Å². The summed E-state index contributed by atoms with van der Waals surface area (Å²) in [6, 6.07) is 3.53. The van der Waals surface area contributed by atoms with Gasteiger partial charge < -0.3 is 4.74 Å². The minimum absolute atomic E-state index is 0.00132. The minimum Gasteiger partial charge on any atom is -0.495 e. The van der Waals surface area contributed by atoms with Gasteiger partial charge in [-0.05, 0) is 37.3 Å². The lowest BCUT2D eigenvalue weighted by molar-refractivity contribution is -0.119. The van der Waals surface area contributed by atoms with E-state index in [-0.39, 0.29) is 29.7 Å². The molecule has 0 unspecified atom stereocenters. The summed E-state index contributed by atoms with van der Waals surface area (Å²) in [5.41, 5.74) is 1.35. The van der Waals surface area contributed by atoms with E-state index < -0.39 is 5.41 Å². The van der Waals surface area contributed by atoms with Gasteiger partial charge in [-0.1, -0.05) is 19.9 Å². The second-order valence-corrected chi connectivity index (χ2v) is 7.23. The predicted molar refractivity (Wildman–Crippen MR) is 86.1 cm³/mol. The molecule has 0 spiro atoms. The first-order valence-corrected chi connectivity index (χ1v) is 8.15. The summed E-state index contributed by atoms with van der Waals surface area (Å²) in [7, 11) is 1.48. The fraction of sp³-hybridized carbons (Fsp3) is 0.526.